The summed E-state index contributed by atoms with van der Waals surface area (Å²) in [6.45, 7) is 9.77. The van der Waals surface area contributed by atoms with Crippen molar-refractivity contribution in [2.24, 2.45) is 0 Å². The maximum absolute atomic E-state index is 4.36. The van der Waals surface area contributed by atoms with E-state index in [2.05, 4.69) is 47.6 Å². The SMILES string of the molecule is CCCNC(Cc1cncs1)c1snnc1C(C)(C)C. The van der Waals surface area contributed by atoms with Crippen LogP contribution in [-0.2, 0) is 11.8 Å². The monoisotopic (exact) mass is 310 g/mol. The molecule has 2 aromatic heterocycles. The van der Waals surface area contributed by atoms with Crippen molar-refractivity contribution in [2.75, 3.05) is 6.54 Å². The molecule has 2 aromatic rings. The first-order valence-electron chi connectivity index (χ1n) is 6.96. The normalized spacial score (nSPS) is 13.6. The molecule has 0 amide bonds. The predicted molar refractivity (Wildman–Crippen MR) is 85.5 cm³/mol. The summed E-state index contributed by atoms with van der Waals surface area (Å²) in [6, 6.07) is 0.282. The number of rotatable bonds is 6. The van der Waals surface area contributed by atoms with Crippen LogP contribution in [0.3, 0.4) is 0 Å². The summed E-state index contributed by atoms with van der Waals surface area (Å²) < 4.78 is 4.19. The summed E-state index contributed by atoms with van der Waals surface area (Å²) in [5, 5.41) is 7.99. The minimum atomic E-state index is 0.0299. The molecule has 0 bridgehead atoms. The summed E-state index contributed by atoms with van der Waals surface area (Å²) in [5.41, 5.74) is 3.03. The third-order valence-corrected chi connectivity index (χ3v) is 4.71. The molecule has 0 spiro atoms. The molecule has 0 aromatic carbocycles. The molecule has 20 heavy (non-hydrogen) atoms. The highest BCUT2D eigenvalue weighted by atomic mass is 32.1. The summed E-state index contributed by atoms with van der Waals surface area (Å²) in [5.74, 6) is 0. The van der Waals surface area contributed by atoms with Crippen molar-refractivity contribution in [2.45, 2.75) is 52.0 Å². The smallest absolute Gasteiger partial charge is 0.0857 e. The quantitative estimate of drug-likeness (QED) is 0.886. The fourth-order valence-corrected chi connectivity index (χ4v) is 3.65. The molecule has 1 atom stereocenters. The predicted octanol–water partition coefficient (Wildman–Crippen LogP) is 3.58. The molecule has 2 rings (SSSR count). The van der Waals surface area contributed by atoms with Crippen molar-refractivity contribution < 1.29 is 0 Å². The van der Waals surface area contributed by atoms with Crippen molar-refractivity contribution >= 4 is 22.9 Å². The zero-order chi connectivity index (χ0) is 14.6. The van der Waals surface area contributed by atoms with E-state index in [1.165, 1.54) is 21.3 Å². The van der Waals surface area contributed by atoms with E-state index in [-0.39, 0.29) is 11.5 Å². The number of hydrogen-bond acceptors (Lipinski definition) is 6. The highest BCUT2D eigenvalue weighted by molar-refractivity contribution is 7.09. The van der Waals surface area contributed by atoms with E-state index in [4.69, 9.17) is 0 Å². The first-order valence-corrected chi connectivity index (χ1v) is 8.61. The first-order chi connectivity index (χ1) is 9.52. The Kier molecular flexibility index (Phi) is 5.23. The highest BCUT2D eigenvalue weighted by Crippen LogP contribution is 2.32. The number of thiazole rings is 1. The van der Waals surface area contributed by atoms with Crippen LogP contribution in [0.5, 0.6) is 0 Å². The minimum absolute atomic E-state index is 0.0299. The van der Waals surface area contributed by atoms with E-state index >= 15 is 0 Å². The van der Waals surface area contributed by atoms with Gasteiger partial charge in [0.05, 0.1) is 16.1 Å². The lowest BCUT2D eigenvalue weighted by molar-refractivity contribution is 0.506. The van der Waals surface area contributed by atoms with Gasteiger partial charge in [0.25, 0.3) is 0 Å². The van der Waals surface area contributed by atoms with Gasteiger partial charge in [-0.3, -0.25) is 4.98 Å². The van der Waals surface area contributed by atoms with E-state index in [1.54, 1.807) is 11.3 Å². The average molecular weight is 310 g/mol. The second-order valence-electron chi connectivity index (χ2n) is 5.91. The lowest BCUT2D eigenvalue weighted by atomic mass is 9.89. The summed E-state index contributed by atoms with van der Waals surface area (Å²) in [6.07, 6.45) is 4.03. The van der Waals surface area contributed by atoms with Gasteiger partial charge in [-0.05, 0) is 24.5 Å². The number of aromatic nitrogens is 3. The molecule has 2 heterocycles. The first kappa shape index (κ1) is 15.5. The van der Waals surface area contributed by atoms with Gasteiger partial charge < -0.3 is 5.32 Å². The van der Waals surface area contributed by atoms with Crippen LogP contribution in [-0.4, -0.2) is 21.1 Å². The Labute approximate surface area is 128 Å². The van der Waals surface area contributed by atoms with E-state index in [9.17, 15) is 0 Å². The molecule has 6 heteroatoms. The largest absolute Gasteiger partial charge is 0.309 e. The van der Waals surface area contributed by atoms with Crippen molar-refractivity contribution in [3.8, 4) is 0 Å². The zero-order valence-corrected chi connectivity index (χ0v) is 14.1. The van der Waals surface area contributed by atoms with Gasteiger partial charge in [-0.15, -0.1) is 16.4 Å². The number of nitrogens with one attached hydrogen (secondary N) is 1. The van der Waals surface area contributed by atoms with Gasteiger partial charge in [-0.2, -0.15) is 0 Å². The lowest BCUT2D eigenvalue weighted by Crippen LogP contribution is -2.26. The fourth-order valence-electron chi connectivity index (χ4n) is 2.07. The molecule has 0 saturated heterocycles. The second-order valence-corrected chi connectivity index (χ2v) is 7.67. The molecule has 0 saturated carbocycles. The van der Waals surface area contributed by atoms with Gasteiger partial charge >= 0.3 is 0 Å². The van der Waals surface area contributed by atoms with Crippen LogP contribution in [0.1, 0.15) is 55.6 Å². The van der Waals surface area contributed by atoms with E-state index in [0.29, 0.717) is 0 Å². The fraction of sp³-hybridized carbons (Fsp3) is 0.643. The van der Waals surface area contributed by atoms with Crippen molar-refractivity contribution in [3.05, 3.63) is 27.2 Å². The van der Waals surface area contributed by atoms with Crippen LogP contribution in [0.15, 0.2) is 11.7 Å². The molecule has 0 aliphatic carbocycles. The Bertz CT molecular complexity index is 514. The molecule has 0 aliphatic heterocycles. The van der Waals surface area contributed by atoms with E-state index in [0.717, 1.165) is 25.1 Å². The molecule has 0 radical (unpaired) electrons. The average Bonchev–Trinajstić information content (AvgIpc) is 3.03. The zero-order valence-electron chi connectivity index (χ0n) is 12.5. The lowest BCUT2D eigenvalue weighted by Gasteiger charge is -2.22. The van der Waals surface area contributed by atoms with Crippen LogP contribution in [0.4, 0.5) is 0 Å². The van der Waals surface area contributed by atoms with Crippen LogP contribution in [0.2, 0.25) is 0 Å². The molecule has 1 unspecified atom stereocenters. The third kappa shape index (κ3) is 3.84. The molecule has 4 nitrogen and oxygen atoms in total. The third-order valence-electron chi connectivity index (χ3n) is 3.07. The Balaban J connectivity index is 2.24. The summed E-state index contributed by atoms with van der Waals surface area (Å²) in [7, 11) is 0. The van der Waals surface area contributed by atoms with Gasteiger partial charge in [-0.25, -0.2) is 0 Å². The van der Waals surface area contributed by atoms with Crippen molar-refractivity contribution in [1.82, 2.24) is 19.9 Å². The Morgan fingerprint density at radius 2 is 2.15 bits per heavy atom. The maximum atomic E-state index is 4.36. The highest BCUT2D eigenvalue weighted by Gasteiger charge is 2.27. The minimum Gasteiger partial charge on any atom is -0.309 e. The van der Waals surface area contributed by atoms with Crippen LogP contribution in [0.25, 0.3) is 0 Å². The number of hydrogen-bond donors (Lipinski definition) is 1. The van der Waals surface area contributed by atoms with Crippen LogP contribution < -0.4 is 5.32 Å². The topological polar surface area (TPSA) is 50.7 Å². The second kappa shape index (κ2) is 6.74. The van der Waals surface area contributed by atoms with Gasteiger partial charge in [0, 0.05) is 29.0 Å². The summed E-state index contributed by atoms with van der Waals surface area (Å²) in [4.78, 5) is 6.73. The molecular weight excluding hydrogens is 288 g/mol. The molecular formula is C14H22N4S2. The number of nitrogens with zero attached hydrogens (tertiary/aromatic N) is 3. The Hall–Kier alpha value is -0.850. The van der Waals surface area contributed by atoms with Crippen molar-refractivity contribution in [3.63, 3.8) is 0 Å². The van der Waals surface area contributed by atoms with Gasteiger partial charge in [0.1, 0.15) is 0 Å². The van der Waals surface area contributed by atoms with Crippen LogP contribution >= 0.6 is 22.9 Å². The van der Waals surface area contributed by atoms with Gasteiger partial charge in [0.2, 0.25) is 0 Å². The molecule has 110 valence electrons. The maximum Gasteiger partial charge on any atom is 0.0857 e. The van der Waals surface area contributed by atoms with Crippen molar-refractivity contribution in [1.29, 1.82) is 0 Å². The Morgan fingerprint density at radius 3 is 2.75 bits per heavy atom. The molecule has 0 aliphatic rings. The molecule has 0 fully saturated rings. The van der Waals surface area contributed by atoms with Crippen LogP contribution in [0, 0.1) is 0 Å². The van der Waals surface area contributed by atoms with E-state index in [1.807, 2.05) is 11.7 Å². The molecule has 1 N–H and O–H groups in total. The summed E-state index contributed by atoms with van der Waals surface area (Å²) >= 11 is 3.23. The van der Waals surface area contributed by atoms with Gasteiger partial charge in [-0.1, -0.05) is 32.2 Å². The van der Waals surface area contributed by atoms with Gasteiger partial charge in [0.15, 0.2) is 0 Å². The standard InChI is InChI=1S/C14H22N4S2/c1-5-6-16-11(7-10-8-15-9-19-10)12-13(14(2,3)4)17-18-20-12/h8-9,11,16H,5-7H2,1-4H3. The van der Waals surface area contributed by atoms with E-state index < -0.39 is 0 Å². The Morgan fingerprint density at radius 1 is 1.35 bits per heavy atom.